The molecule has 1 atom stereocenters. The third kappa shape index (κ3) is 3.67. The molecule has 1 amide bonds. The van der Waals surface area contributed by atoms with Crippen molar-refractivity contribution in [3.63, 3.8) is 0 Å². The minimum absolute atomic E-state index is 0.0625. The second kappa shape index (κ2) is 6.53. The van der Waals surface area contributed by atoms with Gasteiger partial charge < -0.3 is 10.0 Å². The molecule has 0 bridgehead atoms. The van der Waals surface area contributed by atoms with E-state index in [1.54, 1.807) is 7.05 Å². The van der Waals surface area contributed by atoms with E-state index in [4.69, 9.17) is 5.26 Å². The molecule has 1 heterocycles. The van der Waals surface area contributed by atoms with Crippen LogP contribution >= 0.6 is 0 Å². The van der Waals surface area contributed by atoms with Crippen LogP contribution in [-0.2, 0) is 9.59 Å². The summed E-state index contributed by atoms with van der Waals surface area (Å²) >= 11 is 0. The van der Waals surface area contributed by atoms with Crippen molar-refractivity contribution in [3.05, 3.63) is 0 Å². The van der Waals surface area contributed by atoms with Crippen LogP contribution in [0.25, 0.3) is 0 Å². The van der Waals surface area contributed by atoms with Gasteiger partial charge in [-0.1, -0.05) is 6.92 Å². The van der Waals surface area contributed by atoms with Crippen LogP contribution in [0.2, 0.25) is 0 Å². The minimum Gasteiger partial charge on any atom is -0.481 e. The lowest BCUT2D eigenvalue weighted by Gasteiger charge is -2.24. The first-order valence-electron chi connectivity index (χ1n) is 6.52. The summed E-state index contributed by atoms with van der Waals surface area (Å²) < 4.78 is 0. The summed E-state index contributed by atoms with van der Waals surface area (Å²) in [6.07, 6.45) is 1.49. The highest BCUT2D eigenvalue weighted by atomic mass is 16.4. The molecule has 0 radical (unpaired) electrons. The molecule has 6 nitrogen and oxygen atoms in total. The molecular weight excluding hydrogens is 246 g/mol. The molecule has 1 N–H and O–H groups in total. The largest absolute Gasteiger partial charge is 0.481 e. The standard InChI is InChI=1S/C13H21N3O3/c1-3-13(12(18)19)5-8-16(10-13)9-11(17)15(2)7-4-6-14/h3-5,7-10H2,1-2H3,(H,18,19). The molecule has 0 saturated carbocycles. The minimum atomic E-state index is -0.775. The number of carbonyl (C=O) groups excluding carboxylic acids is 1. The number of hydrogen-bond donors (Lipinski definition) is 1. The second-order valence-corrected chi connectivity index (χ2v) is 5.12. The first kappa shape index (κ1) is 15.4. The molecule has 0 aromatic rings. The van der Waals surface area contributed by atoms with E-state index in [1.807, 2.05) is 17.9 Å². The molecule has 0 aromatic carbocycles. The van der Waals surface area contributed by atoms with Crippen molar-refractivity contribution >= 4 is 11.9 Å². The number of likely N-dealkylation sites (tertiary alicyclic amines) is 1. The first-order valence-corrected chi connectivity index (χ1v) is 6.52. The van der Waals surface area contributed by atoms with E-state index in [1.165, 1.54) is 4.90 Å². The number of hydrogen-bond acceptors (Lipinski definition) is 4. The average molecular weight is 267 g/mol. The molecule has 1 rings (SSSR count). The molecule has 0 aliphatic carbocycles. The number of carboxylic acids is 1. The van der Waals surface area contributed by atoms with Gasteiger partial charge in [0.2, 0.25) is 5.91 Å². The van der Waals surface area contributed by atoms with E-state index in [9.17, 15) is 14.7 Å². The summed E-state index contributed by atoms with van der Waals surface area (Å²) in [5.74, 6) is -0.838. The van der Waals surface area contributed by atoms with Gasteiger partial charge in [-0.2, -0.15) is 5.26 Å². The molecule has 6 heteroatoms. The molecule has 1 aliphatic rings. The van der Waals surface area contributed by atoms with Gasteiger partial charge in [-0.15, -0.1) is 0 Å². The van der Waals surface area contributed by atoms with Crippen molar-refractivity contribution < 1.29 is 14.7 Å². The van der Waals surface area contributed by atoms with Gasteiger partial charge in [-0.05, 0) is 19.4 Å². The van der Waals surface area contributed by atoms with E-state index >= 15 is 0 Å². The van der Waals surface area contributed by atoms with E-state index in [2.05, 4.69) is 0 Å². The fourth-order valence-electron chi connectivity index (χ4n) is 2.36. The molecule has 1 saturated heterocycles. The van der Waals surface area contributed by atoms with Crippen LogP contribution in [0.3, 0.4) is 0 Å². The highest BCUT2D eigenvalue weighted by Gasteiger charge is 2.43. The van der Waals surface area contributed by atoms with E-state index in [-0.39, 0.29) is 12.5 Å². The van der Waals surface area contributed by atoms with Gasteiger partial charge in [0, 0.05) is 20.1 Å². The van der Waals surface area contributed by atoms with Crippen LogP contribution in [0, 0.1) is 16.7 Å². The topological polar surface area (TPSA) is 84.6 Å². The molecule has 0 spiro atoms. The number of carboxylic acid groups (broad SMARTS) is 1. The highest BCUT2D eigenvalue weighted by molar-refractivity contribution is 5.79. The van der Waals surface area contributed by atoms with Gasteiger partial charge in [-0.3, -0.25) is 14.5 Å². The lowest BCUT2D eigenvalue weighted by Crippen LogP contribution is -2.40. The Morgan fingerprint density at radius 3 is 2.68 bits per heavy atom. The Hall–Kier alpha value is -1.61. The van der Waals surface area contributed by atoms with E-state index in [0.717, 1.165) is 0 Å². The number of nitrogens with zero attached hydrogens (tertiary/aromatic N) is 3. The quantitative estimate of drug-likeness (QED) is 0.759. The molecular formula is C13H21N3O3. The Bertz CT molecular complexity index is 391. The average Bonchev–Trinajstić information content (AvgIpc) is 2.80. The van der Waals surface area contributed by atoms with Crippen LogP contribution in [0.5, 0.6) is 0 Å². The molecule has 1 unspecified atom stereocenters. The fraction of sp³-hybridized carbons (Fsp3) is 0.769. The summed E-state index contributed by atoms with van der Waals surface area (Å²) in [5, 5.41) is 17.8. The maximum Gasteiger partial charge on any atom is 0.310 e. The Labute approximate surface area is 113 Å². The van der Waals surface area contributed by atoms with Crippen LogP contribution in [0.1, 0.15) is 26.2 Å². The van der Waals surface area contributed by atoms with Crippen LogP contribution < -0.4 is 0 Å². The van der Waals surface area contributed by atoms with E-state index in [0.29, 0.717) is 38.9 Å². The zero-order chi connectivity index (χ0) is 14.5. The van der Waals surface area contributed by atoms with Crippen molar-refractivity contribution in [3.8, 4) is 6.07 Å². The van der Waals surface area contributed by atoms with E-state index < -0.39 is 11.4 Å². The van der Waals surface area contributed by atoms with Gasteiger partial charge in [0.15, 0.2) is 0 Å². The Morgan fingerprint density at radius 2 is 2.21 bits per heavy atom. The van der Waals surface area contributed by atoms with Crippen LogP contribution in [0.4, 0.5) is 0 Å². The summed E-state index contributed by atoms with van der Waals surface area (Å²) in [5.41, 5.74) is -0.703. The SMILES string of the molecule is CCC1(C(=O)O)CCN(CC(=O)N(C)CCC#N)C1. The third-order valence-corrected chi connectivity index (χ3v) is 3.91. The summed E-state index contributed by atoms with van der Waals surface area (Å²) in [4.78, 5) is 26.6. The molecule has 1 aliphatic heterocycles. The Balaban J connectivity index is 2.50. The predicted octanol–water partition coefficient (Wildman–Crippen LogP) is 0.545. The lowest BCUT2D eigenvalue weighted by atomic mass is 9.84. The predicted molar refractivity (Wildman–Crippen MR) is 69.3 cm³/mol. The van der Waals surface area contributed by atoms with Crippen molar-refractivity contribution in [2.24, 2.45) is 5.41 Å². The molecule has 0 aromatic heterocycles. The second-order valence-electron chi connectivity index (χ2n) is 5.12. The summed E-state index contributed by atoms with van der Waals surface area (Å²) in [7, 11) is 1.67. The van der Waals surface area contributed by atoms with Gasteiger partial charge in [0.25, 0.3) is 0 Å². The molecule has 1 fully saturated rings. The highest BCUT2D eigenvalue weighted by Crippen LogP contribution is 2.33. The molecule has 19 heavy (non-hydrogen) atoms. The monoisotopic (exact) mass is 267 g/mol. The zero-order valence-electron chi connectivity index (χ0n) is 11.6. The van der Waals surface area contributed by atoms with Crippen molar-refractivity contribution in [2.75, 3.05) is 33.2 Å². The zero-order valence-corrected chi connectivity index (χ0v) is 11.6. The summed E-state index contributed by atoms with van der Waals surface area (Å²) in [6, 6.07) is 2.00. The number of nitriles is 1. The first-order chi connectivity index (χ1) is 8.95. The van der Waals surface area contributed by atoms with Crippen molar-refractivity contribution in [1.29, 1.82) is 5.26 Å². The molecule has 106 valence electrons. The fourth-order valence-corrected chi connectivity index (χ4v) is 2.36. The number of amides is 1. The van der Waals surface area contributed by atoms with Gasteiger partial charge >= 0.3 is 5.97 Å². The number of rotatable bonds is 6. The number of carbonyl (C=O) groups is 2. The van der Waals surface area contributed by atoms with Crippen molar-refractivity contribution in [2.45, 2.75) is 26.2 Å². The lowest BCUT2D eigenvalue weighted by molar-refractivity contribution is -0.148. The van der Waals surface area contributed by atoms with Crippen LogP contribution in [0.15, 0.2) is 0 Å². The number of likely N-dealkylation sites (N-methyl/N-ethyl adjacent to an activating group) is 1. The number of aliphatic carboxylic acids is 1. The van der Waals surface area contributed by atoms with Crippen LogP contribution in [-0.4, -0.2) is 60.0 Å². The maximum absolute atomic E-state index is 11.9. The summed E-state index contributed by atoms with van der Waals surface area (Å²) in [6.45, 7) is 3.59. The Morgan fingerprint density at radius 1 is 1.53 bits per heavy atom. The van der Waals surface area contributed by atoms with Crippen molar-refractivity contribution in [1.82, 2.24) is 9.80 Å². The smallest absolute Gasteiger partial charge is 0.310 e. The van der Waals surface area contributed by atoms with Gasteiger partial charge in [0.1, 0.15) is 0 Å². The normalized spacial score (nSPS) is 23.0. The maximum atomic E-state index is 11.9. The van der Waals surface area contributed by atoms with Gasteiger partial charge in [-0.25, -0.2) is 0 Å². The third-order valence-electron chi connectivity index (χ3n) is 3.91. The van der Waals surface area contributed by atoms with Gasteiger partial charge in [0.05, 0.1) is 24.4 Å². The Kier molecular flexibility index (Phi) is 5.31.